The van der Waals surface area contributed by atoms with Gasteiger partial charge in [0.05, 0.1) is 16.9 Å². The maximum atomic E-state index is 12.5. The van der Waals surface area contributed by atoms with Gasteiger partial charge in [-0.05, 0) is 24.6 Å². The molecule has 0 bridgehead atoms. The number of benzene rings is 1. The number of imidazole rings is 1. The molecule has 0 fully saturated rings. The van der Waals surface area contributed by atoms with E-state index in [0.29, 0.717) is 22.1 Å². The normalized spacial score (nSPS) is 11.1. The Labute approximate surface area is 161 Å². The number of nitrogens with one attached hydrogen (secondary N) is 1. The van der Waals surface area contributed by atoms with Crippen molar-refractivity contribution in [1.29, 1.82) is 0 Å². The van der Waals surface area contributed by atoms with Crippen LogP contribution in [0.2, 0.25) is 5.02 Å². The first-order chi connectivity index (χ1) is 11.5. The highest BCUT2D eigenvalue weighted by Gasteiger charge is 2.19. The third-order valence-electron chi connectivity index (χ3n) is 3.47. The van der Waals surface area contributed by atoms with Crippen molar-refractivity contribution in [2.75, 3.05) is 4.72 Å². The van der Waals surface area contributed by atoms with Crippen LogP contribution in [0.5, 0.6) is 0 Å². The number of sulfonamides is 1. The zero-order valence-electron chi connectivity index (χ0n) is 13.2. The van der Waals surface area contributed by atoms with Crippen molar-refractivity contribution in [1.82, 2.24) is 14.5 Å². The van der Waals surface area contributed by atoms with E-state index in [4.69, 9.17) is 11.6 Å². The lowest BCUT2D eigenvalue weighted by Gasteiger charge is -2.09. The van der Waals surface area contributed by atoms with Gasteiger partial charge in [0.1, 0.15) is 0 Å². The van der Waals surface area contributed by atoms with Gasteiger partial charge in [0.25, 0.3) is 10.0 Å². The molecule has 0 saturated carbocycles. The van der Waals surface area contributed by atoms with E-state index in [1.54, 1.807) is 31.6 Å². The van der Waals surface area contributed by atoms with Crippen molar-refractivity contribution in [2.24, 2.45) is 0 Å². The lowest BCUT2D eigenvalue weighted by molar-refractivity contribution is 0.600. The second-order valence-electron chi connectivity index (χ2n) is 5.16. The molecule has 1 N–H and O–H groups in total. The number of nitrogens with zero attached hydrogens (tertiary/aromatic N) is 3. The Bertz CT molecular complexity index is 940. The Morgan fingerprint density at radius 2 is 2.16 bits per heavy atom. The summed E-state index contributed by atoms with van der Waals surface area (Å²) in [5, 5.41) is 2.60. The number of hydrogen-bond acceptors (Lipinski definition) is 5. The van der Waals surface area contributed by atoms with Crippen LogP contribution >= 0.6 is 35.3 Å². The van der Waals surface area contributed by atoms with Gasteiger partial charge >= 0.3 is 0 Å². The van der Waals surface area contributed by atoms with Gasteiger partial charge in [-0.2, -0.15) is 0 Å². The fourth-order valence-corrected chi connectivity index (χ4v) is 4.68. The molecule has 0 spiro atoms. The van der Waals surface area contributed by atoms with Gasteiger partial charge in [-0.3, -0.25) is 4.72 Å². The molecule has 1 aromatic carbocycles. The van der Waals surface area contributed by atoms with Crippen molar-refractivity contribution in [3.05, 3.63) is 58.6 Å². The number of aromatic nitrogens is 3. The summed E-state index contributed by atoms with van der Waals surface area (Å²) >= 11 is 7.26. The van der Waals surface area contributed by atoms with E-state index in [1.165, 1.54) is 17.4 Å². The largest absolute Gasteiger partial charge is 0.337 e. The first-order valence-electron chi connectivity index (χ1n) is 7.14. The third kappa shape index (κ3) is 4.72. The number of aryl methyl sites for hydroxylation is 2. The summed E-state index contributed by atoms with van der Waals surface area (Å²) in [4.78, 5) is 8.47. The number of hydrogen-bond donors (Lipinski definition) is 1. The van der Waals surface area contributed by atoms with E-state index < -0.39 is 10.0 Å². The fourth-order valence-electron chi connectivity index (χ4n) is 2.18. The number of halogens is 2. The van der Waals surface area contributed by atoms with Gasteiger partial charge in [0.2, 0.25) is 0 Å². The van der Waals surface area contributed by atoms with E-state index in [-0.39, 0.29) is 17.3 Å². The fraction of sp³-hybridized carbons (Fsp3) is 0.200. The molecule has 0 amide bonds. The summed E-state index contributed by atoms with van der Waals surface area (Å²) in [7, 11) is -3.71. The standard InChI is InChI=1S/C15H15ClN4O2S2.ClH/c1-11-13(16)3-2-4-14(11)24(21,22)19-15-18-12(9-23-15)5-7-20-8-6-17-10-20;/h2-4,6,8-10H,5,7H2,1H3,(H,18,19);1H. The molecular formula is C15H16Cl2N4O2S2. The van der Waals surface area contributed by atoms with Crippen molar-refractivity contribution in [3.63, 3.8) is 0 Å². The predicted octanol–water partition coefficient (Wildman–Crippen LogP) is 3.77. The molecule has 25 heavy (non-hydrogen) atoms. The lowest BCUT2D eigenvalue weighted by atomic mass is 10.2. The third-order valence-corrected chi connectivity index (χ3v) is 6.29. The summed E-state index contributed by atoms with van der Waals surface area (Å²) in [6.07, 6.45) is 6.02. The van der Waals surface area contributed by atoms with Gasteiger partial charge in [-0.1, -0.05) is 17.7 Å². The van der Waals surface area contributed by atoms with Crippen LogP contribution in [0.15, 0.2) is 47.2 Å². The summed E-state index contributed by atoms with van der Waals surface area (Å²) in [5.41, 5.74) is 1.35. The van der Waals surface area contributed by atoms with Gasteiger partial charge < -0.3 is 4.57 Å². The predicted molar refractivity (Wildman–Crippen MR) is 102 cm³/mol. The topological polar surface area (TPSA) is 76.9 Å². The molecule has 3 rings (SSSR count). The zero-order valence-corrected chi connectivity index (χ0v) is 16.4. The first-order valence-corrected chi connectivity index (χ1v) is 9.88. The molecule has 0 saturated heterocycles. The summed E-state index contributed by atoms with van der Waals surface area (Å²) < 4.78 is 29.5. The Balaban J connectivity index is 0.00000225. The van der Waals surface area contributed by atoms with Crippen LogP contribution in [0.3, 0.4) is 0 Å². The van der Waals surface area contributed by atoms with Crippen molar-refractivity contribution >= 4 is 50.5 Å². The smallest absolute Gasteiger partial charge is 0.263 e. The highest BCUT2D eigenvalue weighted by molar-refractivity contribution is 7.93. The second kappa shape index (κ2) is 8.18. The maximum absolute atomic E-state index is 12.5. The van der Waals surface area contributed by atoms with Crippen LogP contribution in [0.25, 0.3) is 0 Å². The summed E-state index contributed by atoms with van der Waals surface area (Å²) in [6, 6.07) is 4.80. The quantitative estimate of drug-likeness (QED) is 0.660. The summed E-state index contributed by atoms with van der Waals surface area (Å²) in [6.45, 7) is 2.42. The minimum Gasteiger partial charge on any atom is -0.337 e. The highest BCUT2D eigenvalue weighted by Crippen LogP contribution is 2.26. The molecule has 2 aromatic heterocycles. The van der Waals surface area contributed by atoms with Crippen molar-refractivity contribution in [3.8, 4) is 0 Å². The molecule has 10 heteroatoms. The van der Waals surface area contributed by atoms with E-state index in [0.717, 1.165) is 12.2 Å². The number of rotatable bonds is 6. The molecule has 0 unspecified atom stereocenters. The van der Waals surface area contributed by atoms with Crippen LogP contribution in [-0.4, -0.2) is 23.0 Å². The van der Waals surface area contributed by atoms with Gasteiger partial charge in [0.15, 0.2) is 5.13 Å². The van der Waals surface area contributed by atoms with Gasteiger partial charge in [0, 0.05) is 35.8 Å². The lowest BCUT2D eigenvalue weighted by Crippen LogP contribution is -2.14. The van der Waals surface area contributed by atoms with Crippen molar-refractivity contribution in [2.45, 2.75) is 24.8 Å². The van der Waals surface area contributed by atoms with E-state index in [1.807, 2.05) is 16.1 Å². The molecule has 0 aliphatic carbocycles. The van der Waals surface area contributed by atoms with Crippen LogP contribution in [0.4, 0.5) is 5.13 Å². The zero-order chi connectivity index (χ0) is 17.2. The minimum absolute atomic E-state index is 0. The molecule has 0 radical (unpaired) electrons. The molecule has 0 atom stereocenters. The Kier molecular flexibility index (Phi) is 6.45. The highest BCUT2D eigenvalue weighted by atomic mass is 35.5. The van der Waals surface area contributed by atoms with E-state index >= 15 is 0 Å². The molecule has 6 nitrogen and oxygen atoms in total. The van der Waals surface area contributed by atoms with Crippen molar-refractivity contribution < 1.29 is 8.42 Å². The number of thiazole rings is 1. The SMILES string of the molecule is Cc1c(Cl)cccc1S(=O)(=O)Nc1nc(CCn2ccnc2)cs1.Cl. The monoisotopic (exact) mass is 418 g/mol. The van der Waals surface area contributed by atoms with Crippen LogP contribution in [-0.2, 0) is 23.0 Å². The first kappa shape index (κ1) is 19.7. The van der Waals surface area contributed by atoms with E-state index in [2.05, 4.69) is 14.7 Å². The van der Waals surface area contributed by atoms with Crippen LogP contribution in [0.1, 0.15) is 11.3 Å². The Morgan fingerprint density at radius 3 is 2.88 bits per heavy atom. The van der Waals surface area contributed by atoms with E-state index in [9.17, 15) is 8.42 Å². The van der Waals surface area contributed by atoms with Crippen LogP contribution < -0.4 is 4.72 Å². The molecule has 134 valence electrons. The summed E-state index contributed by atoms with van der Waals surface area (Å²) in [5.74, 6) is 0. The Morgan fingerprint density at radius 1 is 1.36 bits per heavy atom. The minimum atomic E-state index is -3.71. The van der Waals surface area contributed by atoms with Crippen LogP contribution in [0, 0.1) is 6.92 Å². The molecule has 2 heterocycles. The second-order valence-corrected chi connectivity index (χ2v) is 8.08. The maximum Gasteiger partial charge on any atom is 0.263 e. The molecule has 3 aromatic rings. The van der Waals surface area contributed by atoms with Gasteiger partial charge in [-0.15, -0.1) is 23.7 Å². The number of anilines is 1. The molecular weight excluding hydrogens is 403 g/mol. The molecule has 0 aliphatic rings. The van der Waals surface area contributed by atoms with Gasteiger partial charge in [-0.25, -0.2) is 18.4 Å². The Hall–Kier alpha value is -1.61. The molecule has 0 aliphatic heterocycles. The average molecular weight is 419 g/mol. The average Bonchev–Trinajstić information content (AvgIpc) is 3.19.